The summed E-state index contributed by atoms with van der Waals surface area (Å²) in [5.41, 5.74) is 0.357. The van der Waals surface area contributed by atoms with Crippen molar-refractivity contribution in [2.75, 3.05) is 5.32 Å². The van der Waals surface area contributed by atoms with Crippen molar-refractivity contribution in [1.29, 1.82) is 0 Å². The van der Waals surface area contributed by atoms with Crippen molar-refractivity contribution in [3.63, 3.8) is 0 Å². The van der Waals surface area contributed by atoms with Gasteiger partial charge in [-0.2, -0.15) is 0 Å². The Hall–Kier alpha value is -0.640. The fourth-order valence-electron chi connectivity index (χ4n) is 2.54. The van der Waals surface area contributed by atoms with Crippen LogP contribution in [0.3, 0.4) is 0 Å². The average Bonchev–Trinajstić information content (AvgIpc) is 2.57. The molecule has 1 aromatic heterocycles. The highest BCUT2D eigenvalue weighted by Crippen LogP contribution is 2.38. The molecule has 3 nitrogen and oxygen atoms in total. The van der Waals surface area contributed by atoms with Crippen LogP contribution in [0.5, 0.6) is 0 Å². The third-order valence-corrected chi connectivity index (χ3v) is 4.21. The molecule has 0 radical (unpaired) electrons. The zero-order valence-electron chi connectivity index (χ0n) is 11.6. The van der Waals surface area contributed by atoms with Gasteiger partial charge in [-0.1, -0.05) is 34.1 Å². The smallest absolute Gasteiger partial charge is 0.134 e. The third kappa shape index (κ3) is 3.02. The van der Waals surface area contributed by atoms with Crippen LogP contribution in [-0.4, -0.2) is 16.0 Å². The minimum atomic E-state index is 0.347. The van der Waals surface area contributed by atoms with Crippen LogP contribution < -0.4 is 5.32 Å². The van der Waals surface area contributed by atoms with Crippen molar-refractivity contribution < 1.29 is 0 Å². The van der Waals surface area contributed by atoms with Gasteiger partial charge in [0.2, 0.25) is 0 Å². The van der Waals surface area contributed by atoms with E-state index in [9.17, 15) is 0 Å². The van der Waals surface area contributed by atoms with Crippen LogP contribution in [-0.2, 0) is 0 Å². The molecule has 1 N–H and O–H groups in total. The van der Waals surface area contributed by atoms with Gasteiger partial charge >= 0.3 is 0 Å². The normalized spacial score (nSPS) is 22.4. The number of hydrogen-bond acceptors (Lipinski definition) is 3. The van der Waals surface area contributed by atoms with Crippen molar-refractivity contribution in [3.05, 3.63) is 16.5 Å². The molecule has 0 bridgehead atoms. The van der Waals surface area contributed by atoms with Gasteiger partial charge in [-0.05, 0) is 34.2 Å². The predicted octanol–water partition coefficient (Wildman–Crippen LogP) is 4.35. The predicted molar refractivity (Wildman–Crippen MR) is 78.9 cm³/mol. The molecule has 1 saturated carbocycles. The lowest BCUT2D eigenvalue weighted by Gasteiger charge is -2.28. The van der Waals surface area contributed by atoms with Gasteiger partial charge in [-0.25, -0.2) is 9.97 Å². The van der Waals surface area contributed by atoms with Crippen LogP contribution >= 0.6 is 15.9 Å². The molecule has 0 aromatic carbocycles. The fraction of sp³-hybridized carbons (Fsp3) is 0.714. The fourth-order valence-corrected chi connectivity index (χ4v) is 2.94. The van der Waals surface area contributed by atoms with E-state index in [-0.39, 0.29) is 0 Å². The lowest BCUT2D eigenvalue weighted by molar-refractivity contribution is 0.349. The molecule has 0 saturated heterocycles. The standard InChI is InChI=1S/C14H22BrN3/c1-9(2)13-17-11(15)8-12(18-13)16-10-6-5-7-14(10,3)4/h8-10H,5-7H2,1-4H3,(H,16,17,18). The Morgan fingerprint density at radius 1 is 1.39 bits per heavy atom. The molecule has 18 heavy (non-hydrogen) atoms. The van der Waals surface area contributed by atoms with Crippen molar-refractivity contribution in [3.8, 4) is 0 Å². The van der Waals surface area contributed by atoms with Gasteiger partial charge in [0.25, 0.3) is 0 Å². The summed E-state index contributed by atoms with van der Waals surface area (Å²) in [7, 11) is 0. The number of aromatic nitrogens is 2. The van der Waals surface area contributed by atoms with Gasteiger partial charge < -0.3 is 5.32 Å². The Bertz CT molecular complexity index is 429. The first-order valence-corrected chi connectivity index (χ1v) is 7.49. The number of anilines is 1. The van der Waals surface area contributed by atoms with E-state index < -0.39 is 0 Å². The first-order chi connectivity index (χ1) is 8.38. The van der Waals surface area contributed by atoms with Crippen LogP contribution in [0.25, 0.3) is 0 Å². The first-order valence-electron chi connectivity index (χ1n) is 6.69. The van der Waals surface area contributed by atoms with Crippen molar-refractivity contribution in [2.45, 2.75) is 58.9 Å². The summed E-state index contributed by atoms with van der Waals surface area (Å²) in [5.74, 6) is 2.18. The molecule has 1 aromatic rings. The van der Waals surface area contributed by atoms with Gasteiger partial charge in [0.15, 0.2) is 0 Å². The number of hydrogen-bond donors (Lipinski definition) is 1. The molecule has 1 fully saturated rings. The van der Waals surface area contributed by atoms with E-state index in [2.05, 4.69) is 58.9 Å². The third-order valence-electron chi connectivity index (χ3n) is 3.81. The maximum Gasteiger partial charge on any atom is 0.134 e. The first kappa shape index (κ1) is 13.8. The van der Waals surface area contributed by atoms with Gasteiger partial charge in [-0.15, -0.1) is 0 Å². The topological polar surface area (TPSA) is 37.8 Å². The molecule has 1 aliphatic carbocycles. The summed E-state index contributed by atoms with van der Waals surface area (Å²) in [6, 6.07) is 2.49. The summed E-state index contributed by atoms with van der Waals surface area (Å²) < 4.78 is 0.861. The minimum Gasteiger partial charge on any atom is -0.367 e. The number of halogens is 1. The van der Waals surface area contributed by atoms with Crippen LogP contribution in [0.15, 0.2) is 10.7 Å². The molecule has 1 unspecified atom stereocenters. The zero-order valence-corrected chi connectivity index (χ0v) is 13.2. The van der Waals surface area contributed by atoms with E-state index >= 15 is 0 Å². The molecule has 1 atom stereocenters. The second-order valence-corrected chi connectivity index (χ2v) is 6.98. The zero-order chi connectivity index (χ0) is 13.3. The van der Waals surface area contributed by atoms with E-state index in [1.807, 2.05) is 6.07 Å². The quantitative estimate of drug-likeness (QED) is 0.843. The Labute approximate surface area is 118 Å². The Kier molecular flexibility index (Phi) is 3.95. The van der Waals surface area contributed by atoms with Crippen molar-refractivity contribution in [2.24, 2.45) is 5.41 Å². The van der Waals surface area contributed by atoms with E-state index in [0.29, 0.717) is 17.4 Å². The second-order valence-electron chi connectivity index (χ2n) is 6.17. The number of nitrogens with zero attached hydrogens (tertiary/aromatic N) is 2. The molecule has 1 aliphatic rings. The SMILES string of the molecule is CC(C)c1nc(Br)cc(NC2CCCC2(C)C)n1. The summed E-state index contributed by atoms with van der Waals surface area (Å²) in [6.45, 7) is 8.89. The largest absolute Gasteiger partial charge is 0.367 e. The summed E-state index contributed by atoms with van der Waals surface area (Å²) in [5, 5.41) is 3.59. The number of nitrogens with one attached hydrogen (secondary N) is 1. The van der Waals surface area contributed by atoms with Crippen LogP contribution in [0.2, 0.25) is 0 Å². The Morgan fingerprint density at radius 3 is 2.67 bits per heavy atom. The molecule has 1 heterocycles. The minimum absolute atomic E-state index is 0.347. The second kappa shape index (κ2) is 5.16. The van der Waals surface area contributed by atoms with Crippen molar-refractivity contribution >= 4 is 21.7 Å². The highest BCUT2D eigenvalue weighted by atomic mass is 79.9. The maximum atomic E-state index is 4.61. The summed E-state index contributed by atoms with van der Waals surface area (Å²) in [6.07, 6.45) is 3.81. The highest BCUT2D eigenvalue weighted by Gasteiger charge is 2.34. The summed E-state index contributed by atoms with van der Waals surface area (Å²) in [4.78, 5) is 9.02. The molecular weight excluding hydrogens is 290 g/mol. The molecular formula is C14H22BrN3. The van der Waals surface area contributed by atoms with Gasteiger partial charge in [0.05, 0.1) is 0 Å². The molecule has 2 rings (SSSR count). The van der Waals surface area contributed by atoms with E-state index in [1.54, 1.807) is 0 Å². The number of rotatable bonds is 3. The van der Waals surface area contributed by atoms with Crippen LogP contribution in [0.1, 0.15) is 58.7 Å². The van der Waals surface area contributed by atoms with E-state index in [1.165, 1.54) is 19.3 Å². The lowest BCUT2D eigenvalue weighted by atomic mass is 9.87. The van der Waals surface area contributed by atoms with Crippen LogP contribution in [0.4, 0.5) is 5.82 Å². The van der Waals surface area contributed by atoms with E-state index in [4.69, 9.17) is 0 Å². The van der Waals surface area contributed by atoms with Crippen LogP contribution in [0, 0.1) is 5.41 Å². The lowest BCUT2D eigenvalue weighted by Crippen LogP contribution is -2.31. The molecule has 100 valence electrons. The molecule has 0 amide bonds. The average molecular weight is 312 g/mol. The monoisotopic (exact) mass is 311 g/mol. The van der Waals surface area contributed by atoms with Gasteiger partial charge in [0, 0.05) is 18.0 Å². The molecule has 4 heteroatoms. The maximum absolute atomic E-state index is 4.61. The Morgan fingerprint density at radius 2 is 2.11 bits per heavy atom. The summed E-state index contributed by atoms with van der Waals surface area (Å²) >= 11 is 3.47. The highest BCUT2D eigenvalue weighted by molar-refractivity contribution is 9.10. The van der Waals surface area contributed by atoms with Gasteiger partial charge in [-0.3, -0.25) is 0 Å². The van der Waals surface area contributed by atoms with Gasteiger partial charge in [0.1, 0.15) is 16.2 Å². The van der Waals surface area contributed by atoms with Crippen molar-refractivity contribution in [1.82, 2.24) is 9.97 Å². The molecule has 0 aliphatic heterocycles. The Balaban J connectivity index is 2.19. The van der Waals surface area contributed by atoms with E-state index in [0.717, 1.165) is 16.2 Å². The molecule has 0 spiro atoms.